The smallest absolute Gasteiger partial charge is 0.328 e. The average Bonchev–Trinajstić information content (AvgIpc) is 2.63. The van der Waals surface area contributed by atoms with E-state index in [0.29, 0.717) is 31.5 Å². The van der Waals surface area contributed by atoms with Gasteiger partial charge in [-0.1, -0.05) is 31.0 Å². The lowest BCUT2D eigenvalue weighted by Gasteiger charge is -2.41. The minimum Gasteiger partial charge on any atom is -0.356 e. The van der Waals surface area contributed by atoms with Crippen molar-refractivity contribution in [1.29, 1.82) is 0 Å². The van der Waals surface area contributed by atoms with Crippen LogP contribution in [0.2, 0.25) is 0 Å². The molecule has 1 aromatic rings. The summed E-state index contributed by atoms with van der Waals surface area (Å²) in [7, 11) is 0. The second kappa shape index (κ2) is 7.89. The molecule has 140 valence electrons. The molecule has 1 saturated heterocycles. The molecule has 0 radical (unpaired) electrons. The molecule has 0 aromatic heterocycles. The van der Waals surface area contributed by atoms with Crippen LogP contribution in [0.1, 0.15) is 44.6 Å². The largest absolute Gasteiger partial charge is 0.356 e. The number of nitrogens with zero attached hydrogens (tertiary/aromatic N) is 1. The van der Waals surface area contributed by atoms with E-state index in [0.717, 1.165) is 18.4 Å². The zero-order valence-corrected chi connectivity index (χ0v) is 15.5. The Balaban J connectivity index is 1.67. The molecule has 2 N–H and O–H groups in total. The normalized spacial score (nSPS) is 25.5. The van der Waals surface area contributed by atoms with Gasteiger partial charge in [0.15, 0.2) is 0 Å². The first-order valence-electron chi connectivity index (χ1n) is 9.50. The maximum Gasteiger partial charge on any atom is 0.328 e. The number of amides is 4. The summed E-state index contributed by atoms with van der Waals surface area (Å²) in [5, 5.41) is 5.91. The predicted octanol–water partition coefficient (Wildman–Crippen LogP) is 2.75. The van der Waals surface area contributed by atoms with Crippen molar-refractivity contribution in [1.82, 2.24) is 10.6 Å². The van der Waals surface area contributed by atoms with Gasteiger partial charge < -0.3 is 10.6 Å². The standard InChI is InChI=1S/C20H27N3O3/c1-3-4-11-21-18(24)14-7-10-16-17(12-14)22-20(26)23(19(16)25)15-8-5-13(2)6-9-15/h5-6,8-9,14,16-17H,3-4,7,10-12H2,1-2H3,(H,21,24)(H,22,26). The molecule has 3 atom stereocenters. The number of carbonyl (C=O) groups is 3. The Bertz CT molecular complexity index is 686. The van der Waals surface area contributed by atoms with Gasteiger partial charge in [-0.3, -0.25) is 9.59 Å². The molecule has 1 saturated carbocycles. The van der Waals surface area contributed by atoms with E-state index in [9.17, 15) is 14.4 Å². The molecule has 4 amide bonds. The summed E-state index contributed by atoms with van der Waals surface area (Å²) in [4.78, 5) is 39.0. The Hall–Kier alpha value is -2.37. The van der Waals surface area contributed by atoms with Gasteiger partial charge in [-0.05, 0) is 44.7 Å². The van der Waals surface area contributed by atoms with Crippen molar-refractivity contribution in [2.45, 2.75) is 52.0 Å². The van der Waals surface area contributed by atoms with Gasteiger partial charge in [0, 0.05) is 18.5 Å². The highest BCUT2D eigenvalue weighted by molar-refractivity contribution is 6.17. The number of anilines is 1. The maximum atomic E-state index is 12.9. The second-order valence-corrected chi connectivity index (χ2v) is 7.33. The van der Waals surface area contributed by atoms with E-state index in [2.05, 4.69) is 17.6 Å². The monoisotopic (exact) mass is 357 g/mol. The number of rotatable bonds is 5. The third kappa shape index (κ3) is 3.74. The number of nitrogens with one attached hydrogen (secondary N) is 2. The molecule has 26 heavy (non-hydrogen) atoms. The van der Waals surface area contributed by atoms with E-state index in [-0.39, 0.29) is 29.7 Å². The van der Waals surface area contributed by atoms with Gasteiger partial charge in [0.05, 0.1) is 11.6 Å². The minimum absolute atomic E-state index is 0.0413. The van der Waals surface area contributed by atoms with E-state index >= 15 is 0 Å². The lowest BCUT2D eigenvalue weighted by molar-refractivity contribution is -0.130. The van der Waals surface area contributed by atoms with E-state index in [1.54, 1.807) is 12.1 Å². The first kappa shape index (κ1) is 18.4. The molecule has 1 heterocycles. The van der Waals surface area contributed by atoms with Gasteiger partial charge >= 0.3 is 6.03 Å². The fraction of sp³-hybridized carbons (Fsp3) is 0.550. The van der Waals surface area contributed by atoms with Gasteiger partial charge in [0.1, 0.15) is 0 Å². The van der Waals surface area contributed by atoms with Crippen LogP contribution in [-0.4, -0.2) is 30.4 Å². The quantitative estimate of drug-likeness (QED) is 0.796. The lowest BCUT2D eigenvalue weighted by atomic mass is 9.76. The van der Waals surface area contributed by atoms with Crippen LogP contribution in [-0.2, 0) is 9.59 Å². The molecule has 2 aliphatic rings. The highest BCUT2D eigenvalue weighted by Gasteiger charge is 2.45. The van der Waals surface area contributed by atoms with Gasteiger partial charge in [0.25, 0.3) is 0 Å². The van der Waals surface area contributed by atoms with Gasteiger partial charge in [0.2, 0.25) is 11.8 Å². The van der Waals surface area contributed by atoms with Crippen molar-refractivity contribution in [3.8, 4) is 0 Å². The van der Waals surface area contributed by atoms with Crippen LogP contribution < -0.4 is 15.5 Å². The van der Waals surface area contributed by atoms with Crippen LogP contribution >= 0.6 is 0 Å². The Kier molecular flexibility index (Phi) is 5.59. The molecule has 3 rings (SSSR count). The average molecular weight is 357 g/mol. The Morgan fingerprint density at radius 3 is 2.65 bits per heavy atom. The molecule has 3 unspecified atom stereocenters. The highest BCUT2D eigenvalue weighted by atomic mass is 16.2. The Labute approximate surface area is 154 Å². The molecular formula is C20H27N3O3. The summed E-state index contributed by atoms with van der Waals surface area (Å²) in [5.74, 6) is -0.507. The maximum absolute atomic E-state index is 12.9. The Morgan fingerprint density at radius 2 is 1.96 bits per heavy atom. The van der Waals surface area contributed by atoms with Crippen LogP contribution in [0.3, 0.4) is 0 Å². The zero-order chi connectivity index (χ0) is 18.7. The Morgan fingerprint density at radius 1 is 1.23 bits per heavy atom. The molecule has 6 nitrogen and oxygen atoms in total. The SMILES string of the molecule is CCCCNC(=O)C1CCC2C(=O)N(c3ccc(C)cc3)C(=O)NC2C1. The van der Waals surface area contributed by atoms with E-state index < -0.39 is 6.03 Å². The molecule has 1 aromatic carbocycles. The van der Waals surface area contributed by atoms with E-state index in [1.165, 1.54) is 4.90 Å². The predicted molar refractivity (Wildman–Crippen MR) is 99.7 cm³/mol. The summed E-state index contributed by atoms with van der Waals surface area (Å²) in [6.45, 7) is 4.73. The third-order valence-electron chi connectivity index (χ3n) is 5.39. The number of carbonyl (C=O) groups excluding carboxylic acids is 3. The number of hydrogen-bond acceptors (Lipinski definition) is 3. The number of benzene rings is 1. The van der Waals surface area contributed by atoms with Crippen molar-refractivity contribution in [3.05, 3.63) is 29.8 Å². The first-order chi connectivity index (χ1) is 12.5. The molecule has 0 spiro atoms. The molecule has 1 aliphatic heterocycles. The van der Waals surface area contributed by atoms with Crippen LogP contribution in [0.25, 0.3) is 0 Å². The van der Waals surface area contributed by atoms with Gasteiger partial charge in [-0.15, -0.1) is 0 Å². The third-order valence-corrected chi connectivity index (χ3v) is 5.39. The van der Waals surface area contributed by atoms with Crippen molar-refractivity contribution < 1.29 is 14.4 Å². The summed E-state index contributed by atoms with van der Waals surface area (Å²) in [5.41, 5.74) is 1.67. The number of urea groups is 1. The van der Waals surface area contributed by atoms with Crippen molar-refractivity contribution >= 4 is 23.5 Å². The second-order valence-electron chi connectivity index (χ2n) is 7.33. The zero-order valence-electron chi connectivity index (χ0n) is 15.5. The first-order valence-corrected chi connectivity index (χ1v) is 9.50. The lowest BCUT2D eigenvalue weighted by Crippen LogP contribution is -2.62. The molecule has 6 heteroatoms. The number of unbranched alkanes of at least 4 members (excludes halogenated alkanes) is 1. The topological polar surface area (TPSA) is 78.5 Å². The van der Waals surface area contributed by atoms with Crippen molar-refractivity contribution in [2.75, 3.05) is 11.4 Å². The van der Waals surface area contributed by atoms with Crippen LogP contribution in [0.5, 0.6) is 0 Å². The van der Waals surface area contributed by atoms with Crippen molar-refractivity contribution in [3.63, 3.8) is 0 Å². The summed E-state index contributed by atoms with van der Waals surface area (Å²) >= 11 is 0. The van der Waals surface area contributed by atoms with Gasteiger partial charge in [-0.25, -0.2) is 9.69 Å². The van der Waals surface area contributed by atoms with E-state index in [4.69, 9.17) is 0 Å². The number of fused-ring (bicyclic) bond motifs is 1. The summed E-state index contributed by atoms with van der Waals surface area (Å²) in [6.07, 6.45) is 3.84. The van der Waals surface area contributed by atoms with Crippen LogP contribution in [0.15, 0.2) is 24.3 Å². The van der Waals surface area contributed by atoms with E-state index in [1.807, 2.05) is 19.1 Å². The van der Waals surface area contributed by atoms with Crippen LogP contribution in [0, 0.1) is 18.8 Å². The van der Waals surface area contributed by atoms with Crippen LogP contribution in [0.4, 0.5) is 10.5 Å². The molecule has 0 bridgehead atoms. The fourth-order valence-electron chi connectivity index (χ4n) is 3.82. The molecular weight excluding hydrogens is 330 g/mol. The summed E-state index contributed by atoms with van der Waals surface area (Å²) in [6, 6.07) is 6.71. The van der Waals surface area contributed by atoms with Gasteiger partial charge in [-0.2, -0.15) is 0 Å². The summed E-state index contributed by atoms with van der Waals surface area (Å²) < 4.78 is 0. The number of hydrogen-bond donors (Lipinski definition) is 2. The fourth-order valence-corrected chi connectivity index (χ4v) is 3.82. The highest BCUT2D eigenvalue weighted by Crippen LogP contribution is 2.34. The number of aryl methyl sites for hydroxylation is 1. The molecule has 1 aliphatic carbocycles. The molecule has 2 fully saturated rings. The minimum atomic E-state index is -0.396. The van der Waals surface area contributed by atoms with Crippen molar-refractivity contribution in [2.24, 2.45) is 11.8 Å². The number of imide groups is 1.